The number of aliphatic carboxylic acids is 1. The van der Waals surface area contributed by atoms with Gasteiger partial charge in [0.25, 0.3) is 0 Å². The first-order valence-corrected chi connectivity index (χ1v) is 6.34. The number of carbonyl (C=O) groups is 2. The van der Waals surface area contributed by atoms with Crippen molar-refractivity contribution in [1.29, 1.82) is 0 Å². The summed E-state index contributed by atoms with van der Waals surface area (Å²) in [5, 5.41) is 9.20. The van der Waals surface area contributed by atoms with Crippen LogP contribution in [0, 0.1) is 0 Å². The maximum Gasteiger partial charge on any atom is 0.410 e. The Morgan fingerprint density at radius 3 is 2.60 bits per heavy atom. The van der Waals surface area contributed by atoms with Gasteiger partial charge in [-0.15, -0.1) is 0 Å². The number of hydrogen-bond donors (Lipinski definition) is 1. The van der Waals surface area contributed by atoms with Crippen LogP contribution in [-0.4, -0.2) is 38.8 Å². The molecular weight excluding hydrogens is 260 g/mol. The smallest absolute Gasteiger partial charge is 0.410 e. The normalized spacial score (nSPS) is 15.2. The Labute approximate surface area is 117 Å². The molecule has 0 atom stereocenters. The third kappa shape index (κ3) is 3.20. The Kier molecular flexibility index (Phi) is 3.57. The van der Waals surface area contributed by atoms with Crippen molar-refractivity contribution >= 4 is 18.3 Å². The summed E-state index contributed by atoms with van der Waals surface area (Å²) in [6.45, 7) is 5.67. The van der Waals surface area contributed by atoms with Crippen molar-refractivity contribution < 1.29 is 19.4 Å². The third-order valence-electron chi connectivity index (χ3n) is 2.80. The first kappa shape index (κ1) is 14.2. The average Bonchev–Trinajstić information content (AvgIpc) is 2.64. The van der Waals surface area contributed by atoms with Gasteiger partial charge in [0.05, 0.1) is 18.7 Å². The molecule has 1 aliphatic heterocycles. The molecule has 0 fully saturated rings. The van der Waals surface area contributed by atoms with Gasteiger partial charge < -0.3 is 14.4 Å². The van der Waals surface area contributed by atoms with Crippen molar-refractivity contribution in [2.75, 3.05) is 6.54 Å². The molecule has 0 radical (unpaired) electrons. The van der Waals surface area contributed by atoms with Crippen LogP contribution in [0.3, 0.4) is 0 Å². The molecule has 0 aliphatic carbocycles. The molecule has 2 rings (SSSR count). The molecule has 0 unspecified atom stereocenters. The quantitative estimate of drug-likeness (QED) is 0.854. The second-order valence-electron chi connectivity index (χ2n) is 5.70. The van der Waals surface area contributed by atoms with E-state index < -0.39 is 17.7 Å². The Morgan fingerprint density at radius 1 is 1.30 bits per heavy atom. The van der Waals surface area contributed by atoms with Crippen LogP contribution >= 0.6 is 0 Å². The van der Waals surface area contributed by atoms with E-state index in [2.05, 4.69) is 0 Å². The van der Waals surface area contributed by atoms with Gasteiger partial charge in [0, 0.05) is 18.1 Å². The minimum Gasteiger partial charge on any atom is -0.478 e. The third-order valence-corrected chi connectivity index (χ3v) is 2.80. The second-order valence-corrected chi connectivity index (χ2v) is 5.70. The Hall–Kier alpha value is -2.24. The van der Waals surface area contributed by atoms with Crippen LogP contribution in [0.1, 0.15) is 26.5 Å². The molecule has 0 saturated heterocycles. The van der Waals surface area contributed by atoms with Crippen LogP contribution in [0.2, 0.25) is 0 Å². The predicted molar refractivity (Wildman–Crippen MR) is 73.0 cm³/mol. The van der Waals surface area contributed by atoms with Crippen molar-refractivity contribution in [3.8, 4) is 0 Å². The second kappa shape index (κ2) is 5.03. The Morgan fingerprint density at radius 2 is 2.00 bits per heavy atom. The fourth-order valence-corrected chi connectivity index (χ4v) is 1.93. The lowest BCUT2D eigenvalue weighted by Crippen LogP contribution is -2.37. The van der Waals surface area contributed by atoms with E-state index in [1.165, 1.54) is 11.1 Å². The number of ether oxygens (including phenoxy) is 1. The average molecular weight is 278 g/mol. The lowest BCUT2D eigenvalue weighted by atomic mass is 10.2. The predicted octanol–water partition coefficient (Wildman–Crippen LogP) is 2.16. The highest BCUT2D eigenvalue weighted by Gasteiger charge is 2.27. The van der Waals surface area contributed by atoms with Gasteiger partial charge in [-0.1, -0.05) is 0 Å². The molecule has 108 valence electrons. The molecule has 0 bridgehead atoms. The lowest BCUT2D eigenvalue weighted by molar-refractivity contribution is -0.132. The van der Waals surface area contributed by atoms with E-state index in [1.807, 2.05) is 12.1 Å². The number of rotatable bonds is 1. The maximum atomic E-state index is 12.1. The van der Waals surface area contributed by atoms with Gasteiger partial charge in [0.1, 0.15) is 5.60 Å². The zero-order valence-electron chi connectivity index (χ0n) is 11.8. The summed E-state index contributed by atoms with van der Waals surface area (Å²) in [5.74, 6) is -1.04. The largest absolute Gasteiger partial charge is 0.478 e. The minimum atomic E-state index is -1.04. The molecule has 1 N–H and O–H groups in total. The van der Waals surface area contributed by atoms with E-state index in [0.29, 0.717) is 6.54 Å². The van der Waals surface area contributed by atoms with Gasteiger partial charge in [-0.25, -0.2) is 9.59 Å². The van der Waals surface area contributed by atoms with E-state index in [1.54, 1.807) is 31.5 Å². The summed E-state index contributed by atoms with van der Waals surface area (Å²) in [7, 11) is 0. The molecule has 6 heteroatoms. The van der Waals surface area contributed by atoms with Crippen molar-refractivity contribution in [2.45, 2.75) is 32.9 Å². The van der Waals surface area contributed by atoms with Gasteiger partial charge in [0.15, 0.2) is 0 Å². The molecule has 0 saturated carbocycles. The highest BCUT2D eigenvalue weighted by molar-refractivity contribution is 5.91. The van der Waals surface area contributed by atoms with Crippen molar-refractivity contribution in [2.24, 2.45) is 0 Å². The number of hydrogen-bond acceptors (Lipinski definition) is 3. The van der Waals surface area contributed by atoms with Crippen molar-refractivity contribution in [3.05, 3.63) is 29.6 Å². The standard InChI is InChI=1S/C14H18N2O4/c1-14(2,3)20-13(19)16-8-10(12(17)18)7-15-6-4-5-11(15)9-16/h4-7H,8-9H2,1-3H3,(H,17,18). The van der Waals surface area contributed by atoms with E-state index in [-0.39, 0.29) is 12.1 Å². The zero-order chi connectivity index (χ0) is 14.9. The highest BCUT2D eigenvalue weighted by atomic mass is 16.6. The van der Waals surface area contributed by atoms with E-state index in [9.17, 15) is 14.7 Å². The van der Waals surface area contributed by atoms with Gasteiger partial charge in [-0.3, -0.25) is 4.90 Å². The molecule has 1 amide bonds. The van der Waals surface area contributed by atoms with Gasteiger partial charge in [-0.2, -0.15) is 0 Å². The molecule has 6 nitrogen and oxygen atoms in total. The number of carboxylic acids is 1. The number of nitrogens with zero attached hydrogens (tertiary/aromatic N) is 2. The fraction of sp³-hybridized carbons (Fsp3) is 0.429. The minimum absolute atomic E-state index is 0.0198. The monoisotopic (exact) mass is 278 g/mol. The summed E-state index contributed by atoms with van der Waals surface area (Å²) < 4.78 is 7.03. The SMILES string of the molecule is CC(C)(C)OC(=O)N1CC(C(=O)O)=Cn2cccc2C1. The van der Waals surface area contributed by atoms with Crippen LogP contribution < -0.4 is 0 Å². The number of amides is 1. The first-order valence-electron chi connectivity index (χ1n) is 6.34. The van der Waals surface area contributed by atoms with Crippen molar-refractivity contribution in [3.63, 3.8) is 0 Å². The highest BCUT2D eigenvalue weighted by Crippen LogP contribution is 2.18. The number of carbonyl (C=O) groups excluding carboxylic acids is 1. The van der Waals surface area contributed by atoms with Crippen LogP contribution in [0.25, 0.3) is 6.20 Å². The fourth-order valence-electron chi connectivity index (χ4n) is 1.93. The molecule has 1 aliphatic rings. The van der Waals surface area contributed by atoms with Gasteiger partial charge in [0.2, 0.25) is 0 Å². The molecule has 0 spiro atoms. The van der Waals surface area contributed by atoms with Crippen LogP contribution in [-0.2, 0) is 16.1 Å². The van der Waals surface area contributed by atoms with Gasteiger partial charge in [-0.05, 0) is 32.9 Å². The van der Waals surface area contributed by atoms with Gasteiger partial charge >= 0.3 is 12.1 Å². The summed E-state index contributed by atoms with van der Waals surface area (Å²) in [5.41, 5.74) is 0.372. The summed E-state index contributed by atoms with van der Waals surface area (Å²) in [6, 6.07) is 3.66. The Balaban J connectivity index is 2.27. The molecular formula is C14H18N2O4. The first-order chi connectivity index (χ1) is 9.26. The van der Waals surface area contributed by atoms with Crippen LogP contribution in [0.15, 0.2) is 23.9 Å². The number of fused-ring (bicyclic) bond motifs is 1. The molecule has 0 aromatic carbocycles. The molecule has 2 heterocycles. The van der Waals surface area contributed by atoms with E-state index in [0.717, 1.165) is 5.69 Å². The van der Waals surface area contributed by atoms with Crippen LogP contribution in [0.5, 0.6) is 0 Å². The van der Waals surface area contributed by atoms with Crippen LogP contribution in [0.4, 0.5) is 4.79 Å². The molecule has 20 heavy (non-hydrogen) atoms. The lowest BCUT2D eigenvalue weighted by Gasteiger charge is -2.26. The molecule has 1 aromatic heterocycles. The maximum absolute atomic E-state index is 12.1. The Bertz CT molecular complexity index is 566. The number of aromatic nitrogens is 1. The van der Waals surface area contributed by atoms with Crippen molar-refractivity contribution in [1.82, 2.24) is 9.47 Å². The van der Waals surface area contributed by atoms with E-state index in [4.69, 9.17) is 4.74 Å². The topological polar surface area (TPSA) is 71.8 Å². The molecule has 1 aromatic rings. The van der Waals surface area contributed by atoms with E-state index >= 15 is 0 Å². The summed E-state index contributed by atoms with van der Waals surface area (Å²) in [6.07, 6.45) is 2.78. The number of carboxylic acid groups (broad SMARTS) is 1. The summed E-state index contributed by atoms with van der Waals surface area (Å²) in [4.78, 5) is 24.8. The zero-order valence-corrected chi connectivity index (χ0v) is 11.8. The summed E-state index contributed by atoms with van der Waals surface area (Å²) >= 11 is 0.